The number of rotatable bonds is 9. The molecule has 1 amide bonds. The molecule has 2 N–H and O–H groups in total. The number of hydrogen-bond donors (Lipinski definition) is 2. The summed E-state index contributed by atoms with van der Waals surface area (Å²) >= 11 is 0. The molecule has 6 nitrogen and oxygen atoms in total. The lowest BCUT2D eigenvalue weighted by atomic mass is 10.1. The van der Waals surface area contributed by atoms with Crippen molar-refractivity contribution >= 4 is 12.0 Å². The average molecular weight is 384 g/mol. The Bertz CT molecular complexity index is 900. The van der Waals surface area contributed by atoms with Crippen molar-refractivity contribution in [3.05, 3.63) is 63.1 Å². The van der Waals surface area contributed by atoms with E-state index in [-0.39, 0.29) is 18.0 Å². The fraction of sp³-hybridized carbons (Fsp3) is 0.364. The summed E-state index contributed by atoms with van der Waals surface area (Å²) in [5.74, 6) is 1.04. The highest BCUT2D eigenvalue weighted by atomic mass is 16.5. The van der Waals surface area contributed by atoms with Crippen LogP contribution in [0.15, 0.2) is 35.1 Å². The SMILES string of the molecule is CCCCOc1ccc(/C=C/C(=O)NCc2c(C)cc(C)[nH]c2=O)cc1OC. The summed E-state index contributed by atoms with van der Waals surface area (Å²) in [6, 6.07) is 7.40. The monoisotopic (exact) mass is 384 g/mol. The molecule has 0 saturated carbocycles. The Balaban J connectivity index is 1.99. The Labute approximate surface area is 165 Å². The lowest BCUT2D eigenvalue weighted by Crippen LogP contribution is -2.26. The zero-order valence-corrected chi connectivity index (χ0v) is 16.9. The maximum absolute atomic E-state index is 12.1. The first-order chi connectivity index (χ1) is 13.4. The topological polar surface area (TPSA) is 80.4 Å². The predicted molar refractivity (Wildman–Crippen MR) is 111 cm³/mol. The van der Waals surface area contributed by atoms with Gasteiger partial charge in [0.05, 0.1) is 13.7 Å². The van der Waals surface area contributed by atoms with Crippen molar-refractivity contribution < 1.29 is 14.3 Å². The number of unbranched alkanes of at least 4 members (excludes halogenated alkanes) is 1. The number of pyridine rings is 1. The quantitative estimate of drug-likeness (QED) is 0.512. The van der Waals surface area contributed by atoms with E-state index in [9.17, 15) is 9.59 Å². The van der Waals surface area contributed by atoms with E-state index in [0.29, 0.717) is 23.7 Å². The molecule has 0 aliphatic heterocycles. The molecule has 0 atom stereocenters. The predicted octanol–water partition coefficient (Wildman–Crippen LogP) is 3.51. The minimum atomic E-state index is -0.276. The molecule has 0 radical (unpaired) electrons. The van der Waals surface area contributed by atoms with Crippen LogP contribution >= 0.6 is 0 Å². The second-order valence-corrected chi connectivity index (χ2v) is 6.61. The molecule has 0 aliphatic carbocycles. The molecule has 28 heavy (non-hydrogen) atoms. The van der Waals surface area contributed by atoms with Gasteiger partial charge in [-0.15, -0.1) is 0 Å². The van der Waals surface area contributed by atoms with Crippen LogP contribution in [0.1, 0.15) is 42.1 Å². The summed E-state index contributed by atoms with van der Waals surface area (Å²) in [7, 11) is 1.59. The number of amides is 1. The molecule has 1 aromatic carbocycles. The van der Waals surface area contributed by atoms with E-state index < -0.39 is 0 Å². The zero-order valence-electron chi connectivity index (χ0n) is 16.9. The fourth-order valence-corrected chi connectivity index (χ4v) is 2.74. The van der Waals surface area contributed by atoms with Crippen LogP contribution in [-0.2, 0) is 11.3 Å². The van der Waals surface area contributed by atoms with Gasteiger partial charge < -0.3 is 19.8 Å². The number of nitrogens with one attached hydrogen (secondary N) is 2. The molecule has 0 bridgehead atoms. The number of methoxy groups -OCH3 is 1. The van der Waals surface area contributed by atoms with E-state index in [1.165, 1.54) is 6.08 Å². The molecule has 0 saturated heterocycles. The van der Waals surface area contributed by atoms with Crippen molar-refractivity contribution in [2.75, 3.05) is 13.7 Å². The molecule has 0 spiro atoms. The summed E-state index contributed by atoms with van der Waals surface area (Å²) in [5.41, 5.74) is 2.86. The average Bonchev–Trinajstić information content (AvgIpc) is 2.66. The van der Waals surface area contributed by atoms with Crippen molar-refractivity contribution in [3.8, 4) is 11.5 Å². The summed E-state index contributed by atoms with van der Waals surface area (Å²) in [5, 5.41) is 2.74. The second kappa shape index (κ2) is 10.3. The molecule has 2 rings (SSSR count). The molecular formula is C22H28N2O4. The molecule has 0 aliphatic rings. The van der Waals surface area contributed by atoms with Gasteiger partial charge in [-0.2, -0.15) is 0 Å². The van der Waals surface area contributed by atoms with E-state index in [1.54, 1.807) is 13.2 Å². The van der Waals surface area contributed by atoms with Crippen LogP contribution in [0.4, 0.5) is 0 Å². The number of H-pyrrole nitrogens is 1. The van der Waals surface area contributed by atoms with Crippen LogP contribution in [0, 0.1) is 13.8 Å². The lowest BCUT2D eigenvalue weighted by Gasteiger charge is -2.11. The number of benzene rings is 1. The van der Waals surface area contributed by atoms with E-state index in [0.717, 1.165) is 29.7 Å². The summed E-state index contributed by atoms with van der Waals surface area (Å²) in [4.78, 5) is 26.9. The first-order valence-electron chi connectivity index (χ1n) is 9.40. The molecule has 1 aromatic heterocycles. The van der Waals surface area contributed by atoms with Gasteiger partial charge >= 0.3 is 0 Å². The van der Waals surface area contributed by atoms with Gasteiger partial charge in [-0.05, 0) is 55.7 Å². The highest BCUT2D eigenvalue weighted by molar-refractivity contribution is 5.91. The zero-order chi connectivity index (χ0) is 20.5. The lowest BCUT2D eigenvalue weighted by molar-refractivity contribution is -0.116. The van der Waals surface area contributed by atoms with E-state index >= 15 is 0 Å². The summed E-state index contributed by atoms with van der Waals surface area (Å²) in [6.45, 7) is 6.61. The number of hydrogen-bond acceptors (Lipinski definition) is 4. The van der Waals surface area contributed by atoms with Gasteiger partial charge in [0.1, 0.15) is 0 Å². The van der Waals surface area contributed by atoms with Crippen LogP contribution in [0.5, 0.6) is 11.5 Å². The van der Waals surface area contributed by atoms with Crippen molar-refractivity contribution in [2.45, 2.75) is 40.2 Å². The first kappa shape index (κ1) is 21.3. The van der Waals surface area contributed by atoms with Gasteiger partial charge in [-0.3, -0.25) is 9.59 Å². The largest absolute Gasteiger partial charge is 0.493 e. The third kappa shape index (κ3) is 6.01. The molecule has 150 valence electrons. The number of carbonyl (C=O) groups is 1. The van der Waals surface area contributed by atoms with Crippen LogP contribution in [0.25, 0.3) is 6.08 Å². The van der Waals surface area contributed by atoms with Crippen LogP contribution in [0.3, 0.4) is 0 Å². The van der Waals surface area contributed by atoms with Crippen molar-refractivity contribution in [1.29, 1.82) is 0 Å². The summed E-state index contributed by atoms with van der Waals surface area (Å²) in [6.07, 6.45) is 5.17. The molecule has 0 fully saturated rings. The van der Waals surface area contributed by atoms with E-state index in [2.05, 4.69) is 17.2 Å². The number of aromatic nitrogens is 1. The Morgan fingerprint density at radius 2 is 2.00 bits per heavy atom. The van der Waals surface area contributed by atoms with Gasteiger partial charge in [-0.25, -0.2) is 0 Å². The standard InChI is InChI=1S/C22H28N2O4/c1-5-6-11-28-19-9-7-17(13-20(19)27-4)8-10-21(25)23-14-18-15(2)12-16(3)24-22(18)26/h7-10,12-13H,5-6,11,14H2,1-4H3,(H,23,25)(H,24,26)/b10-8+. The third-order valence-electron chi connectivity index (χ3n) is 4.30. The van der Waals surface area contributed by atoms with Crippen LogP contribution < -0.4 is 20.3 Å². The minimum absolute atomic E-state index is 0.176. The van der Waals surface area contributed by atoms with Crippen molar-refractivity contribution in [3.63, 3.8) is 0 Å². The Kier molecular flexibility index (Phi) is 7.87. The molecular weight excluding hydrogens is 356 g/mol. The number of aryl methyl sites for hydroxylation is 2. The third-order valence-corrected chi connectivity index (χ3v) is 4.30. The highest BCUT2D eigenvalue weighted by Crippen LogP contribution is 2.28. The first-order valence-corrected chi connectivity index (χ1v) is 9.40. The highest BCUT2D eigenvalue weighted by Gasteiger charge is 2.07. The molecule has 2 aromatic rings. The molecule has 6 heteroatoms. The smallest absolute Gasteiger partial charge is 0.253 e. The van der Waals surface area contributed by atoms with Gasteiger partial charge in [0.25, 0.3) is 5.56 Å². The van der Waals surface area contributed by atoms with Gasteiger partial charge in [0.15, 0.2) is 11.5 Å². The molecule has 1 heterocycles. The van der Waals surface area contributed by atoms with Gasteiger partial charge in [0.2, 0.25) is 5.91 Å². The molecule has 0 unspecified atom stereocenters. The Morgan fingerprint density at radius 3 is 2.68 bits per heavy atom. The van der Waals surface area contributed by atoms with Crippen LogP contribution in [0.2, 0.25) is 0 Å². The number of carbonyl (C=O) groups excluding carboxylic acids is 1. The minimum Gasteiger partial charge on any atom is -0.493 e. The Hall–Kier alpha value is -3.02. The van der Waals surface area contributed by atoms with Crippen molar-refractivity contribution in [1.82, 2.24) is 10.3 Å². The number of aromatic amines is 1. The van der Waals surface area contributed by atoms with Gasteiger partial charge in [0, 0.05) is 23.9 Å². The van der Waals surface area contributed by atoms with E-state index in [4.69, 9.17) is 9.47 Å². The maximum atomic E-state index is 12.1. The number of ether oxygens (including phenoxy) is 2. The Morgan fingerprint density at radius 1 is 1.21 bits per heavy atom. The fourth-order valence-electron chi connectivity index (χ4n) is 2.74. The maximum Gasteiger partial charge on any atom is 0.253 e. The van der Waals surface area contributed by atoms with Crippen LogP contribution in [-0.4, -0.2) is 24.6 Å². The summed E-state index contributed by atoms with van der Waals surface area (Å²) < 4.78 is 11.1. The van der Waals surface area contributed by atoms with Gasteiger partial charge in [-0.1, -0.05) is 19.4 Å². The second-order valence-electron chi connectivity index (χ2n) is 6.61. The van der Waals surface area contributed by atoms with E-state index in [1.807, 2.05) is 38.1 Å². The normalized spacial score (nSPS) is 10.9. The van der Waals surface area contributed by atoms with Crippen molar-refractivity contribution in [2.24, 2.45) is 0 Å².